The molecule has 12 heavy (non-hydrogen) atoms. The van der Waals surface area contributed by atoms with E-state index in [-0.39, 0.29) is 5.91 Å². The van der Waals surface area contributed by atoms with Crippen molar-refractivity contribution in [2.45, 2.75) is 19.3 Å². The summed E-state index contributed by atoms with van der Waals surface area (Å²) >= 11 is 0. The van der Waals surface area contributed by atoms with Crippen LogP contribution >= 0.6 is 0 Å². The Morgan fingerprint density at radius 1 is 1.25 bits per heavy atom. The SMILES string of the molecule is O=C(O)C1(C(=O)N2CCC2)CC1. The highest BCUT2D eigenvalue weighted by molar-refractivity contribution is 6.05. The summed E-state index contributed by atoms with van der Waals surface area (Å²) in [7, 11) is 0. The summed E-state index contributed by atoms with van der Waals surface area (Å²) in [4.78, 5) is 23.9. The monoisotopic (exact) mass is 169 g/mol. The van der Waals surface area contributed by atoms with Gasteiger partial charge in [-0.1, -0.05) is 0 Å². The number of carbonyl (C=O) groups excluding carboxylic acids is 1. The average molecular weight is 169 g/mol. The fraction of sp³-hybridized carbons (Fsp3) is 0.750. The summed E-state index contributed by atoms with van der Waals surface area (Å²) in [5.74, 6) is -1.11. The number of rotatable bonds is 2. The first-order valence-corrected chi connectivity index (χ1v) is 4.20. The van der Waals surface area contributed by atoms with E-state index in [1.54, 1.807) is 4.90 Å². The van der Waals surface area contributed by atoms with Gasteiger partial charge in [0.2, 0.25) is 5.91 Å². The number of hydrogen-bond acceptors (Lipinski definition) is 2. The van der Waals surface area contributed by atoms with Gasteiger partial charge < -0.3 is 10.0 Å². The Morgan fingerprint density at radius 3 is 2.08 bits per heavy atom. The molecule has 1 aliphatic heterocycles. The molecule has 2 aliphatic rings. The van der Waals surface area contributed by atoms with E-state index >= 15 is 0 Å². The molecule has 0 bridgehead atoms. The number of carbonyl (C=O) groups is 2. The summed E-state index contributed by atoms with van der Waals surface area (Å²) in [6.45, 7) is 1.49. The summed E-state index contributed by atoms with van der Waals surface area (Å²) in [5.41, 5.74) is -1.01. The fourth-order valence-corrected chi connectivity index (χ4v) is 1.47. The van der Waals surface area contributed by atoms with E-state index in [4.69, 9.17) is 5.11 Å². The van der Waals surface area contributed by atoms with E-state index in [0.29, 0.717) is 12.8 Å². The Hall–Kier alpha value is -1.06. The van der Waals surface area contributed by atoms with Crippen LogP contribution in [0.2, 0.25) is 0 Å². The zero-order valence-electron chi connectivity index (χ0n) is 6.75. The zero-order chi connectivity index (χ0) is 8.77. The molecule has 0 aromatic heterocycles. The van der Waals surface area contributed by atoms with Gasteiger partial charge in [0.15, 0.2) is 0 Å². The first-order chi connectivity index (χ1) is 5.67. The number of carboxylic acids is 1. The van der Waals surface area contributed by atoms with Crippen LogP contribution in [0.3, 0.4) is 0 Å². The highest BCUT2D eigenvalue weighted by Gasteiger charge is 2.59. The van der Waals surface area contributed by atoms with Gasteiger partial charge in [-0.05, 0) is 19.3 Å². The Kier molecular flexibility index (Phi) is 1.40. The lowest BCUT2D eigenvalue weighted by Gasteiger charge is -2.33. The maximum Gasteiger partial charge on any atom is 0.319 e. The van der Waals surface area contributed by atoms with Crippen molar-refractivity contribution in [2.24, 2.45) is 5.41 Å². The fourth-order valence-electron chi connectivity index (χ4n) is 1.47. The molecule has 0 radical (unpaired) electrons. The van der Waals surface area contributed by atoms with Crippen LogP contribution < -0.4 is 0 Å². The van der Waals surface area contributed by atoms with Crippen LogP contribution in [-0.2, 0) is 9.59 Å². The van der Waals surface area contributed by atoms with Crippen LogP contribution in [0.4, 0.5) is 0 Å². The van der Waals surface area contributed by atoms with Crippen molar-refractivity contribution in [3.8, 4) is 0 Å². The summed E-state index contributed by atoms with van der Waals surface area (Å²) < 4.78 is 0. The molecule has 4 nitrogen and oxygen atoms in total. The van der Waals surface area contributed by atoms with Gasteiger partial charge in [0.25, 0.3) is 0 Å². The lowest BCUT2D eigenvalue weighted by molar-refractivity contribution is -0.155. The third-order valence-electron chi connectivity index (χ3n) is 2.71. The molecule has 2 fully saturated rings. The van der Waals surface area contributed by atoms with Crippen molar-refractivity contribution in [1.29, 1.82) is 0 Å². The molecular weight excluding hydrogens is 158 g/mol. The molecule has 0 unspecified atom stereocenters. The van der Waals surface area contributed by atoms with E-state index in [2.05, 4.69) is 0 Å². The minimum absolute atomic E-state index is 0.166. The number of aliphatic carboxylic acids is 1. The van der Waals surface area contributed by atoms with Crippen LogP contribution in [0, 0.1) is 5.41 Å². The molecule has 1 N–H and O–H groups in total. The van der Waals surface area contributed by atoms with Crippen molar-refractivity contribution in [1.82, 2.24) is 4.90 Å². The molecule has 1 amide bonds. The van der Waals surface area contributed by atoms with Crippen molar-refractivity contribution in [3.05, 3.63) is 0 Å². The molecular formula is C8H11NO3. The maximum atomic E-state index is 11.5. The topological polar surface area (TPSA) is 57.6 Å². The molecule has 1 aliphatic carbocycles. The predicted octanol–water partition coefficient (Wildman–Crippen LogP) is 0.0835. The molecule has 1 saturated heterocycles. The van der Waals surface area contributed by atoms with Crippen LogP contribution in [0.25, 0.3) is 0 Å². The van der Waals surface area contributed by atoms with E-state index in [0.717, 1.165) is 19.5 Å². The second-order valence-electron chi connectivity index (χ2n) is 3.53. The number of nitrogens with zero attached hydrogens (tertiary/aromatic N) is 1. The highest BCUT2D eigenvalue weighted by Crippen LogP contribution is 2.48. The zero-order valence-corrected chi connectivity index (χ0v) is 6.75. The molecule has 0 aromatic rings. The Bertz CT molecular complexity index is 241. The lowest BCUT2D eigenvalue weighted by Crippen LogP contribution is -2.48. The first kappa shape index (κ1) is 7.58. The maximum absolute atomic E-state index is 11.5. The number of likely N-dealkylation sites (tertiary alicyclic amines) is 1. The number of hydrogen-bond donors (Lipinski definition) is 1. The quantitative estimate of drug-likeness (QED) is 0.596. The van der Waals surface area contributed by atoms with Gasteiger partial charge in [-0.25, -0.2) is 0 Å². The Labute approximate surface area is 70.2 Å². The van der Waals surface area contributed by atoms with Crippen LogP contribution in [0.15, 0.2) is 0 Å². The van der Waals surface area contributed by atoms with E-state index in [1.165, 1.54) is 0 Å². The number of amides is 1. The molecule has 66 valence electrons. The Balaban J connectivity index is 2.07. The minimum Gasteiger partial charge on any atom is -0.480 e. The molecule has 1 saturated carbocycles. The molecule has 0 spiro atoms. The molecule has 1 heterocycles. The summed E-state index contributed by atoms with van der Waals surface area (Å²) in [6, 6.07) is 0. The molecule has 4 heteroatoms. The van der Waals surface area contributed by atoms with Gasteiger partial charge in [-0.2, -0.15) is 0 Å². The molecule has 0 aromatic carbocycles. The van der Waals surface area contributed by atoms with Crippen LogP contribution in [0.1, 0.15) is 19.3 Å². The third kappa shape index (κ3) is 0.838. The molecule has 0 atom stereocenters. The van der Waals surface area contributed by atoms with Crippen LogP contribution in [-0.4, -0.2) is 35.0 Å². The summed E-state index contributed by atoms with van der Waals surface area (Å²) in [6.07, 6.45) is 2.07. The van der Waals surface area contributed by atoms with Gasteiger partial charge in [-0.3, -0.25) is 9.59 Å². The van der Waals surface area contributed by atoms with Crippen molar-refractivity contribution in [3.63, 3.8) is 0 Å². The normalized spacial score (nSPS) is 24.5. The lowest BCUT2D eigenvalue weighted by atomic mass is 10.0. The minimum atomic E-state index is -1.01. The average Bonchev–Trinajstić information content (AvgIpc) is 2.60. The second kappa shape index (κ2) is 2.21. The van der Waals surface area contributed by atoms with Gasteiger partial charge in [-0.15, -0.1) is 0 Å². The highest BCUT2D eigenvalue weighted by atomic mass is 16.4. The van der Waals surface area contributed by atoms with E-state index in [9.17, 15) is 9.59 Å². The number of carboxylic acid groups (broad SMARTS) is 1. The first-order valence-electron chi connectivity index (χ1n) is 4.20. The van der Waals surface area contributed by atoms with Gasteiger partial charge in [0.1, 0.15) is 5.41 Å². The van der Waals surface area contributed by atoms with E-state index < -0.39 is 11.4 Å². The standard InChI is InChI=1S/C8H11NO3/c10-6(9-4-1-5-9)8(2-3-8)7(11)12/h1-5H2,(H,11,12). The smallest absolute Gasteiger partial charge is 0.319 e. The third-order valence-corrected chi connectivity index (χ3v) is 2.71. The second-order valence-corrected chi connectivity index (χ2v) is 3.53. The van der Waals surface area contributed by atoms with Gasteiger partial charge in [0, 0.05) is 13.1 Å². The van der Waals surface area contributed by atoms with Crippen molar-refractivity contribution >= 4 is 11.9 Å². The molecule has 2 rings (SSSR count). The van der Waals surface area contributed by atoms with Gasteiger partial charge in [0.05, 0.1) is 0 Å². The Morgan fingerprint density at radius 2 is 1.83 bits per heavy atom. The largest absolute Gasteiger partial charge is 0.480 e. The predicted molar refractivity (Wildman–Crippen MR) is 40.5 cm³/mol. The van der Waals surface area contributed by atoms with Gasteiger partial charge >= 0.3 is 5.97 Å². The van der Waals surface area contributed by atoms with Crippen molar-refractivity contribution < 1.29 is 14.7 Å². The van der Waals surface area contributed by atoms with Crippen molar-refractivity contribution in [2.75, 3.05) is 13.1 Å². The van der Waals surface area contributed by atoms with E-state index in [1.807, 2.05) is 0 Å². The summed E-state index contributed by atoms with van der Waals surface area (Å²) in [5, 5.41) is 8.80. The van der Waals surface area contributed by atoms with Crippen LogP contribution in [0.5, 0.6) is 0 Å².